The molecule has 0 amide bonds. The number of alkyl halides is 3. The Hall–Kier alpha value is -3.05. The molecule has 0 atom stereocenters. The van der Waals surface area contributed by atoms with Crippen LogP contribution in [0.25, 0.3) is 21.8 Å². The Morgan fingerprint density at radius 3 is 1.93 bits per heavy atom. The summed E-state index contributed by atoms with van der Waals surface area (Å²) < 4.78 is 38.0. The second-order valence-electron chi connectivity index (χ2n) is 10.7. The van der Waals surface area contributed by atoms with Crippen molar-refractivity contribution < 1.29 is 37.1 Å². The standard InChI is InChI=1S/C16H15Cl2NO3.C11H7Cl2NO.C2HF3O/c1-16(2,3)22-15(21)19-12-7-11(18)10(17)6-9(12)8-4-5-13(20)14(8)19;12-7-3-6-5-1-2-10(15)11(5)14-9(6)4-8(7)13;3-2(4,5)1-6/h6-7H,4-5H2,1-3H3;3-4,14H,1-2H2;1H. The van der Waals surface area contributed by atoms with Crippen LogP contribution in [-0.4, -0.2) is 45.3 Å². The van der Waals surface area contributed by atoms with Gasteiger partial charge in [-0.05, 0) is 69.0 Å². The number of halogens is 7. The van der Waals surface area contributed by atoms with Gasteiger partial charge in [-0.1, -0.05) is 46.4 Å². The van der Waals surface area contributed by atoms with Crippen LogP contribution in [0.1, 0.15) is 65.7 Å². The van der Waals surface area contributed by atoms with Crippen LogP contribution < -0.4 is 0 Å². The van der Waals surface area contributed by atoms with Gasteiger partial charge in [-0.3, -0.25) is 14.4 Å². The predicted octanol–water partition coefficient (Wildman–Crippen LogP) is 9.21. The summed E-state index contributed by atoms with van der Waals surface area (Å²) in [7, 11) is 0. The first-order valence-corrected chi connectivity index (χ1v) is 14.3. The van der Waals surface area contributed by atoms with Gasteiger partial charge in [0.15, 0.2) is 11.6 Å². The zero-order valence-corrected chi connectivity index (χ0v) is 25.9. The molecule has 0 bridgehead atoms. The van der Waals surface area contributed by atoms with E-state index in [4.69, 9.17) is 55.9 Å². The molecule has 6 rings (SSSR count). The number of Topliss-reactive ketones (excluding diaryl/α,β-unsaturated/α-hetero) is 2. The van der Waals surface area contributed by atoms with Crippen LogP contribution in [0.4, 0.5) is 18.0 Å². The molecule has 0 saturated carbocycles. The van der Waals surface area contributed by atoms with Gasteiger partial charge in [0.1, 0.15) is 5.60 Å². The summed E-state index contributed by atoms with van der Waals surface area (Å²) >= 11 is 24.0. The first kappa shape index (κ1) is 32.9. The highest BCUT2D eigenvalue weighted by molar-refractivity contribution is 6.43. The molecular weight excluding hydrogens is 655 g/mol. The zero-order chi connectivity index (χ0) is 32.0. The van der Waals surface area contributed by atoms with Crippen LogP contribution in [0.15, 0.2) is 24.3 Å². The number of nitrogens with one attached hydrogen (secondary N) is 1. The number of hydrogen-bond donors (Lipinski definition) is 1. The number of H-pyrrole nitrogens is 1. The molecular formula is C29H23Cl4F3N2O5. The highest BCUT2D eigenvalue weighted by atomic mass is 35.5. The van der Waals surface area contributed by atoms with Crippen molar-refractivity contribution in [3.05, 3.63) is 66.9 Å². The first-order valence-electron chi connectivity index (χ1n) is 12.8. The van der Waals surface area contributed by atoms with Gasteiger partial charge in [-0.2, -0.15) is 13.2 Å². The molecule has 43 heavy (non-hydrogen) atoms. The molecule has 0 saturated heterocycles. The van der Waals surface area contributed by atoms with E-state index in [0.717, 1.165) is 39.5 Å². The summed E-state index contributed by atoms with van der Waals surface area (Å²) in [5, 5.41) is 3.58. The molecule has 228 valence electrons. The van der Waals surface area contributed by atoms with Crippen molar-refractivity contribution in [2.45, 2.75) is 58.2 Å². The summed E-state index contributed by atoms with van der Waals surface area (Å²) in [6.07, 6.45) is -3.90. The second-order valence-corrected chi connectivity index (χ2v) is 12.4. The maximum absolute atomic E-state index is 12.5. The highest BCUT2D eigenvalue weighted by Crippen LogP contribution is 2.38. The molecule has 0 radical (unpaired) electrons. The molecule has 2 aliphatic carbocycles. The summed E-state index contributed by atoms with van der Waals surface area (Å²) in [5.41, 5.74) is 3.83. The van der Waals surface area contributed by atoms with Crippen LogP contribution in [0.3, 0.4) is 0 Å². The van der Waals surface area contributed by atoms with E-state index < -0.39 is 24.2 Å². The minimum absolute atomic E-state index is 0.0655. The third kappa shape index (κ3) is 7.03. The number of aryl methyl sites for hydroxylation is 2. The van der Waals surface area contributed by atoms with Crippen LogP contribution in [0, 0.1) is 0 Å². The number of carbonyl (C=O) groups is 4. The average Bonchev–Trinajstić information content (AvgIpc) is 3.62. The Labute approximate surface area is 263 Å². The molecule has 2 aromatic carbocycles. The Bertz CT molecular complexity index is 1800. The van der Waals surface area contributed by atoms with Crippen molar-refractivity contribution in [2.75, 3.05) is 0 Å². The molecule has 0 fully saturated rings. The van der Waals surface area contributed by atoms with Gasteiger partial charge in [0.2, 0.25) is 6.29 Å². The van der Waals surface area contributed by atoms with Gasteiger partial charge in [-0.25, -0.2) is 9.36 Å². The zero-order valence-electron chi connectivity index (χ0n) is 22.8. The average molecular weight is 678 g/mol. The Balaban J connectivity index is 0.000000173. The Morgan fingerprint density at radius 1 is 0.837 bits per heavy atom. The van der Waals surface area contributed by atoms with Gasteiger partial charge in [0, 0.05) is 29.1 Å². The number of rotatable bonds is 0. The molecule has 7 nitrogen and oxygen atoms in total. The molecule has 4 aromatic rings. The number of benzene rings is 2. The minimum atomic E-state index is -4.64. The van der Waals surface area contributed by atoms with Crippen molar-refractivity contribution in [3.63, 3.8) is 0 Å². The maximum atomic E-state index is 12.5. The lowest BCUT2D eigenvalue weighted by Gasteiger charge is -2.20. The van der Waals surface area contributed by atoms with E-state index in [1.165, 1.54) is 4.57 Å². The fraction of sp³-hybridized carbons (Fsp3) is 0.310. The number of aldehydes is 1. The van der Waals surface area contributed by atoms with Crippen LogP contribution in [0.5, 0.6) is 0 Å². The van der Waals surface area contributed by atoms with Crippen molar-refractivity contribution in [1.82, 2.24) is 9.55 Å². The molecule has 0 aliphatic heterocycles. The van der Waals surface area contributed by atoms with E-state index in [1.807, 2.05) is 6.07 Å². The topological polar surface area (TPSA) is 98.2 Å². The van der Waals surface area contributed by atoms with Crippen LogP contribution in [0.2, 0.25) is 20.1 Å². The minimum Gasteiger partial charge on any atom is -0.443 e. The number of nitrogens with zero attached hydrogens (tertiary/aromatic N) is 1. The number of hydrogen-bond acceptors (Lipinski definition) is 5. The molecule has 0 unspecified atom stereocenters. The number of ether oxygens (including phenoxy) is 1. The van der Waals surface area contributed by atoms with Gasteiger partial charge in [0.25, 0.3) is 0 Å². The van der Waals surface area contributed by atoms with Crippen LogP contribution in [-0.2, 0) is 22.4 Å². The van der Waals surface area contributed by atoms with Gasteiger partial charge < -0.3 is 9.72 Å². The number of aromatic amines is 1. The molecule has 2 heterocycles. The smallest absolute Gasteiger partial charge is 0.443 e. The SMILES string of the molecule is CC(C)(C)OC(=O)n1c2c(c3cc(Cl)c(Cl)cc31)CCC2=O.O=C1CCc2c1[nH]c1cc(Cl)c(Cl)cc21.O=CC(F)(F)F. The van der Waals surface area contributed by atoms with E-state index in [-0.39, 0.29) is 11.6 Å². The third-order valence-corrected chi connectivity index (χ3v) is 7.96. The number of fused-ring (bicyclic) bond motifs is 6. The number of aromatic nitrogens is 2. The summed E-state index contributed by atoms with van der Waals surface area (Å²) in [6, 6.07) is 6.91. The summed E-state index contributed by atoms with van der Waals surface area (Å²) in [6.45, 7) is 5.34. The maximum Gasteiger partial charge on any atom is 0.446 e. The Morgan fingerprint density at radius 2 is 1.35 bits per heavy atom. The third-order valence-electron chi connectivity index (χ3n) is 6.52. The van der Waals surface area contributed by atoms with Gasteiger partial charge >= 0.3 is 12.3 Å². The lowest BCUT2D eigenvalue weighted by molar-refractivity contribution is -0.156. The predicted molar refractivity (Wildman–Crippen MR) is 159 cm³/mol. The lowest BCUT2D eigenvalue weighted by atomic mass is 10.1. The van der Waals surface area contributed by atoms with Crippen molar-refractivity contribution in [2.24, 2.45) is 0 Å². The van der Waals surface area contributed by atoms with Gasteiger partial charge in [-0.15, -0.1) is 0 Å². The normalized spacial score (nSPS) is 14.2. The monoisotopic (exact) mass is 676 g/mol. The fourth-order valence-corrected chi connectivity index (χ4v) is 5.50. The summed E-state index contributed by atoms with van der Waals surface area (Å²) in [5.74, 6) is 0.109. The molecule has 14 heteroatoms. The molecule has 1 N–H and O–H groups in total. The quantitative estimate of drug-likeness (QED) is 0.187. The fourth-order valence-electron chi connectivity index (χ4n) is 4.85. The Kier molecular flexibility index (Phi) is 9.28. The van der Waals surface area contributed by atoms with E-state index >= 15 is 0 Å². The number of ketones is 2. The largest absolute Gasteiger partial charge is 0.446 e. The van der Waals surface area contributed by atoms with Crippen LogP contribution >= 0.6 is 46.4 Å². The summed E-state index contributed by atoms with van der Waals surface area (Å²) in [4.78, 5) is 48.1. The van der Waals surface area contributed by atoms with Gasteiger partial charge in [0.05, 0.1) is 37.0 Å². The number of carbonyl (C=O) groups excluding carboxylic acids is 4. The molecule has 0 spiro atoms. The van der Waals surface area contributed by atoms with E-state index in [9.17, 15) is 27.6 Å². The highest BCUT2D eigenvalue weighted by Gasteiger charge is 2.33. The van der Waals surface area contributed by atoms with E-state index in [1.54, 1.807) is 39.0 Å². The van der Waals surface area contributed by atoms with Crippen molar-refractivity contribution >= 4 is 92.2 Å². The second kappa shape index (κ2) is 12.1. The molecule has 2 aromatic heterocycles. The molecule has 2 aliphatic rings. The van der Waals surface area contributed by atoms with E-state index in [2.05, 4.69) is 4.98 Å². The first-order chi connectivity index (χ1) is 19.9. The van der Waals surface area contributed by atoms with Crippen molar-refractivity contribution in [1.29, 1.82) is 0 Å². The van der Waals surface area contributed by atoms with E-state index in [0.29, 0.717) is 50.6 Å². The van der Waals surface area contributed by atoms with Crippen molar-refractivity contribution in [3.8, 4) is 0 Å². The lowest BCUT2D eigenvalue weighted by Crippen LogP contribution is -2.28.